The minimum absolute atomic E-state index is 0. The zero-order valence-corrected chi connectivity index (χ0v) is 31.9. The van der Waals surface area contributed by atoms with Gasteiger partial charge in [-0.05, 0) is 122 Å². The Kier molecular flexibility index (Phi) is 8.03. The normalized spacial score (nSPS) is 41.1. The van der Waals surface area contributed by atoms with Gasteiger partial charge in [0.05, 0.1) is 16.5 Å². The van der Waals surface area contributed by atoms with E-state index in [9.17, 15) is 9.59 Å². The zero-order valence-electron chi connectivity index (χ0n) is 31.1. The summed E-state index contributed by atoms with van der Waals surface area (Å²) < 4.78 is 6.29. The Labute approximate surface area is 620 Å². The van der Waals surface area contributed by atoms with Gasteiger partial charge in [0.15, 0.2) is 5.82 Å². The quantitative estimate of drug-likeness (QED) is 0.279. The monoisotopic (exact) mass is 1110 g/mol. The minimum Gasteiger partial charge on any atom is -0.352 e. The lowest BCUT2D eigenvalue weighted by molar-refractivity contribution is -0.150. The maximum atomic E-state index is 14.6. The van der Waals surface area contributed by atoms with Crippen LogP contribution in [0.25, 0.3) is 10.1 Å². The molecule has 7 heteroatoms. The number of likely N-dealkylation sites (tertiary alicyclic amines) is 1. The molecule has 0 N–H and O–H groups in total. The maximum Gasteiger partial charge on any atom is 0.233 e. The van der Waals surface area contributed by atoms with Crippen molar-refractivity contribution in [2.45, 2.75) is 107 Å². The van der Waals surface area contributed by atoms with Crippen LogP contribution in [0.15, 0.2) is 18.2 Å². The molecule has 6 unspecified atom stereocenters. The highest BCUT2D eigenvalue weighted by Crippen LogP contribution is 2.70. The van der Waals surface area contributed by atoms with Crippen LogP contribution in [0.1, 0.15) is 407 Å². The molecule has 47 heavy (non-hydrogen) atoms. The van der Waals surface area contributed by atoms with Gasteiger partial charge in [-0.15, -0.1) is 0 Å². The number of rotatable bonds is 5. The van der Waals surface area contributed by atoms with Crippen LogP contribution in [0.5, 0.6) is 0 Å². The number of piperazine rings is 1. The molecule has 2 bridgehead atoms. The molecule has 5 fully saturated rings. The number of anilines is 1. The lowest BCUT2D eigenvalue weighted by Crippen LogP contribution is -2.62. The molecule has 7 rings (SSSR count). The van der Waals surface area contributed by atoms with Crippen molar-refractivity contribution in [1.82, 2.24) is 14.2 Å². The zero-order chi connectivity index (χ0) is 34.1. The van der Waals surface area contributed by atoms with Gasteiger partial charge in [-0.1, -0.05) is 67.5 Å². The summed E-state index contributed by atoms with van der Waals surface area (Å²) in [5.74, 6) is 4.31. The SMILES string of the molecule is Cc1cccc2snc(N3CC(C)N(C)[C@H](C(C)[C@@H]4CCC(C)C(C)(C)[C@H]4[C@H](C)N4C(=O)[C@@H]5[C@H]6C(C)C(C)C([C@@H]5C4=O)C6(C)C)C3)c12.[HH].[HH].[HH].[HH].[HH].[HH].[HH].[HH].[HH].[HH].[HH].[HH].[HH].[HH].[HH].[HH].[HH].[HH].[HH].[HH].[HH].[HH].[HH].[HH].[HH].[HH].[HH].[HH].[HH].[HH].[HH].[HH].[HH].[HH].[HH].[HH].[HH].[HH].[HH].[HH].[HH].[HH].[HH].[HH].[HH].[HH].[HH].[HH].[HH].[HH].[HH].[HH].[HH].[HH].[HH].[HH].[HH].[HH].[HH].[HH].[HH].[HH].[HH].[HH].[HH].[HH].[HH].[HH].[HH].[HH].[HH].[HH].[HH].[HH].[HH].[HH].[HH].[HH].[HH].[HH].[HH].[HH].[HH].[HH].[HH].[HH].[HH].[HH].[HH].[HH].[HH].[HH].[HH].[HH].[HH].[HH].[HH].[HH].[HH].[HH].[HH].[HH].[HH].[HH].[HH].[HH].[HH].[HH].[HH].[HH].[HH].[HH].[HH].[HH].[HH].[HH].[HH].[HH].[HH].[HH].[HH].[HH].[HH].[HH].[HH].[HH].[HH].[HH].[HH].[HH].[HH].[HH].[HH].[HH].[HH].[HH].[HH].[HH].[HH].[HH].[HH].[HH].[HH].[HH].[HH].[HH].[HH].[HH].[HH].[HH].[HH].[HH].[HH].[HH].[HH].[HH].[HH].[HH].[HH].[HH].[HH].[HH].[HH].[HH].[HH].[HH].[HH].[HH].[HH].[HH].[HH].[HH].[HH].[HH].[HH].[HH].[HH].[HH].[HH].[HH].[HH].[HH].[HH].[HH].[HH].[HH].[HH].[HH].[HH].[HH].[HH].[HH].[HH].[HH].[HH].[HH].[HH].[HH].[HH].[HH].[HH].[HH].[HH].[HH].[HH].[HH].[HH].[HH].[HH].[HH].[HH].[HH].[HH].[HH].[HH].[HH].[HH].[HH].[HH].[HH].[HH].[HH].[HH].[HH]. The number of fused-ring (bicyclic) bond motifs is 6. The van der Waals surface area contributed by atoms with Gasteiger partial charge in [0, 0.05) is 356 Å². The van der Waals surface area contributed by atoms with Gasteiger partial charge in [-0.2, -0.15) is 4.37 Å². The molecule has 2 aliphatic heterocycles. The number of nitrogens with zero attached hydrogens (tertiary/aromatic N) is 4. The molecular formula is C40H508N4O2S. The summed E-state index contributed by atoms with van der Waals surface area (Å²) in [6.07, 6.45) is 2.34. The van der Waals surface area contributed by atoms with Crippen molar-refractivity contribution >= 4 is 39.3 Å². The Morgan fingerprint density at radius 1 is 0.915 bits per heavy atom. The van der Waals surface area contributed by atoms with E-state index in [2.05, 4.69) is 111 Å². The summed E-state index contributed by atoms with van der Waals surface area (Å²) >= 11 is 1.62. The third-order valence-electron chi connectivity index (χ3n) is 15.7. The molecular weight excluding hydrogens is 601 g/mol. The summed E-state index contributed by atoms with van der Waals surface area (Å²) in [5, 5.41) is 1.30. The summed E-state index contributed by atoms with van der Waals surface area (Å²) in [6.45, 7) is 27.8. The van der Waals surface area contributed by atoms with Crippen molar-refractivity contribution in [1.29, 1.82) is 0 Å². The van der Waals surface area contributed by atoms with Crippen LogP contribution < -0.4 is 4.90 Å². The van der Waals surface area contributed by atoms with E-state index in [1.807, 2.05) is 4.90 Å². The van der Waals surface area contributed by atoms with E-state index in [-0.39, 0.29) is 366 Å². The smallest absolute Gasteiger partial charge is 0.233 e. The molecule has 1 aromatic carbocycles. The average molecular weight is 1110 g/mol. The molecule has 13 atom stereocenters. The predicted octanol–water partition coefficient (Wildman–Crippen LogP) is 63.1. The van der Waals surface area contributed by atoms with E-state index < -0.39 is 0 Å². The first kappa shape index (κ1) is 33.5. The van der Waals surface area contributed by atoms with Gasteiger partial charge < -0.3 is 4.90 Å². The summed E-state index contributed by atoms with van der Waals surface area (Å²) in [4.78, 5) is 36.2. The number of aromatic nitrogens is 1. The van der Waals surface area contributed by atoms with E-state index in [4.69, 9.17) is 4.37 Å². The van der Waals surface area contributed by atoms with Gasteiger partial charge in [-0.25, -0.2) is 0 Å². The molecule has 706 valence electrons. The summed E-state index contributed by atoms with van der Waals surface area (Å²) in [5.41, 5.74) is 1.35. The fourth-order valence-electron chi connectivity index (χ4n) is 12.9. The van der Waals surface area contributed by atoms with E-state index >= 15 is 0 Å². The van der Waals surface area contributed by atoms with Crippen LogP contribution in [0.4, 0.5) is 5.82 Å². The molecule has 2 saturated heterocycles. The number of hydrogen-bond acceptors (Lipinski definition) is 6. The molecule has 2 aromatic rings. The highest BCUT2D eigenvalue weighted by atomic mass is 32.1. The lowest BCUT2D eigenvalue weighted by Gasteiger charge is -2.56. The number of carbonyl (C=O) groups excluding carboxylic acids is 2. The van der Waals surface area contributed by atoms with Gasteiger partial charge in [-0.3, -0.25) is 19.4 Å². The number of likely N-dealkylation sites (N-methyl/N-ethyl adjacent to an activating group) is 1. The fraction of sp³-hybridized carbons (Fsp3) is 0.775. The molecule has 6 nitrogen and oxygen atoms in total. The van der Waals surface area contributed by atoms with Crippen LogP contribution in [0, 0.1) is 76.9 Å². The van der Waals surface area contributed by atoms with E-state index in [1.165, 1.54) is 22.1 Å². The van der Waals surface area contributed by atoms with Crippen molar-refractivity contribution in [2.24, 2.45) is 70.0 Å². The third kappa shape index (κ3) is 4.60. The second kappa shape index (κ2) is 11.3. The Bertz CT molecular complexity index is 1710. The maximum absolute atomic E-state index is 14.6. The first-order chi connectivity index (χ1) is 22.0. The topological polar surface area (TPSA) is 56.8 Å². The fourth-order valence-corrected chi connectivity index (χ4v) is 13.7. The Morgan fingerprint density at radius 3 is 2.15 bits per heavy atom. The van der Waals surface area contributed by atoms with Gasteiger partial charge in [0.2, 0.25) is 11.8 Å². The molecule has 0 spiro atoms. The second-order valence-corrected chi connectivity index (χ2v) is 19.0. The van der Waals surface area contributed by atoms with Crippen LogP contribution in [0.2, 0.25) is 0 Å². The highest BCUT2D eigenvalue weighted by Gasteiger charge is 2.73. The molecule has 3 heterocycles. The Balaban J connectivity index is -0.000000000581. The molecule has 3 aliphatic carbocycles. The predicted molar refractivity (Wildman–Crippen MR) is 667 cm³/mol. The van der Waals surface area contributed by atoms with Crippen molar-refractivity contribution < 1.29 is 329 Å². The van der Waals surface area contributed by atoms with E-state index in [0.717, 1.165) is 25.3 Å². The molecule has 5 aliphatic rings. The number of aryl methyl sites for hydroxylation is 1. The average Bonchev–Trinajstić information content (AvgIpc) is 3.66. The van der Waals surface area contributed by atoms with Crippen LogP contribution in [-0.4, -0.2) is 64.3 Å². The van der Waals surface area contributed by atoms with E-state index in [1.54, 1.807) is 11.5 Å². The van der Waals surface area contributed by atoms with Gasteiger partial charge >= 0.3 is 0 Å². The van der Waals surface area contributed by atoms with Crippen molar-refractivity contribution in [3.05, 3.63) is 23.8 Å². The highest BCUT2D eigenvalue weighted by molar-refractivity contribution is 7.13. The van der Waals surface area contributed by atoms with E-state index in [0.29, 0.717) is 53.5 Å². The van der Waals surface area contributed by atoms with Crippen LogP contribution in [-0.2, 0) is 9.59 Å². The van der Waals surface area contributed by atoms with Gasteiger partial charge in [0.1, 0.15) is 0 Å². The molecule has 0 radical (unpaired) electrons. The first-order valence-electron chi connectivity index (χ1n) is 18.7. The van der Waals surface area contributed by atoms with Crippen LogP contribution in [0.3, 0.4) is 0 Å². The number of hydrogen-bond donors (Lipinski definition) is 0. The van der Waals surface area contributed by atoms with Crippen molar-refractivity contribution in [2.75, 3.05) is 25.0 Å². The van der Waals surface area contributed by atoms with Crippen molar-refractivity contribution in [3.8, 4) is 0 Å². The largest absolute Gasteiger partial charge is 0.352 e. The number of amides is 2. The summed E-state index contributed by atoms with van der Waals surface area (Å²) in [6, 6.07) is 7.19. The minimum atomic E-state index is -0.133. The first-order valence-corrected chi connectivity index (χ1v) is 19.5. The van der Waals surface area contributed by atoms with Crippen LogP contribution >= 0.6 is 11.5 Å². The molecule has 3 saturated carbocycles. The number of carbonyl (C=O) groups is 2. The lowest BCUT2D eigenvalue weighted by atomic mass is 9.53. The molecule has 1 aromatic heterocycles. The van der Waals surface area contributed by atoms with Gasteiger partial charge in [0.25, 0.3) is 0 Å². The number of imide groups is 1. The Morgan fingerprint density at radius 2 is 1.53 bits per heavy atom. The summed E-state index contributed by atoms with van der Waals surface area (Å²) in [7, 11) is 2.32. The standard InChI is InChI=1S/C40H60N4O2S.224H2/c1-20-14-13-15-29-30(20)36(41-47-29)43-18-22(3)42(12)28(19-43)25(6)27-17-16-21(2)39(8,9)35(27)26(7)44-37(45)31-32(38(44)46)34-24(5)23(4)33(31)40(34,10)11;;;;;;;;;;;;;;;;;;;;;;;;;;;;;;;;;;;;;;;;;;;;;;;;;;;;;;;;;;;;;;;;;;;;;;;;;;;;;;;;;;;;;;;;;;;;;;;;;;;;;;;;;;;;;;;;;;;;;;;;;;;;;;;;;;;;;;;;;;;;;;;;;;;;;;;;;;;;;;;;;;;;;;;;;;;;;;;;;;;;;;;;;;;;;;;;;;;;;;;;;;;;;;;;;;;;;;;;;;;;;;;;/h13-15,21-28,31-35H,16-19H2,1-12H3;224*1H/t21?,22?,23?,24?,25?,26-,27-,28-,31-,32+,33+,34?,35-;;;;;;;;;;;;;;;;;;;;;;;;;;;;;;;;;;;;;;;;;;;;;;;;;;;;;;;;;;;;;;;;;;;;;;;;;;;;;;;;;;;;;;;;;;;;;;;;;;;;;;;;;;;;;;;;;;;;;;;;;;;;;;;;;;;;;;;;;;;;;;;;;;;;;;;;;;;;;;;;;;;;;;;;;;;;;;;;;;;;;;;;;;;;;;;;;;;;;;;;;;;;;;;;;;;;;;;;;;;;;;;;/m0................................................................................................................................................................................................................................/s1. The number of benzene rings is 1. The third-order valence-corrected chi connectivity index (χ3v) is 16.5. The molecule has 2 amide bonds. The second-order valence-electron chi connectivity index (χ2n) is 18.2. The Hall–Kier alpha value is -1.99. The van der Waals surface area contributed by atoms with Crippen molar-refractivity contribution in [3.63, 3.8) is 0 Å².